The maximum atomic E-state index is 12.1. The Bertz CT molecular complexity index is 609. The van der Waals surface area contributed by atoms with E-state index < -0.39 is 17.7 Å². The summed E-state index contributed by atoms with van der Waals surface area (Å²) < 4.78 is 10.1. The molecule has 23 heavy (non-hydrogen) atoms. The van der Waals surface area contributed by atoms with Gasteiger partial charge < -0.3 is 9.47 Å². The van der Waals surface area contributed by atoms with Crippen molar-refractivity contribution in [1.82, 2.24) is 4.98 Å². The van der Waals surface area contributed by atoms with Crippen LogP contribution in [0, 0.1) is 0 Å². The van der Waals surface area contributed by atoms with Crippen molar-refractivity contribution >= 4 is 29.5 Å². The quantitative estimate of drug-likeness (QED) is 0.647. The van der Waals surface area contributed by atoms with E-state index in [2.05, 4.69) is 16.9 Å². The number of pyridine rings is 1. The van der Waals surface area contributed by atoms with Crippen LogP contribution < -0.4 is 5.32 Å². The van der Waals surface area contributed by atoms with Crippen molar-refractivity contribution in [2.45, 2.75) is 39.7 Å². The molecule has 1 amide bonds. The Balaban J connectivity index is 3.20. The largest absolute Gasteiger partial charge is 0.462 e. The lowest BCUT2D eigenvalue weighted by molar-refractivity contribution is 0.0527. The summed E-state index contributed by atoms with van der Waals surface area (Å²) in [6.07, 6.45) is 2.81. The minimum Gasteiger partial charge on any atom is -0.462 e. The molecule has 0 saturated heterocycles. The molecule has 1 aromatic rings. The number of allylic oxidation sites excluding steroid dienone is 1. The van der Waals surface area contributed by atoms with Crippen LogP contribution in [0.5, 0.6) is 0 Å². The molecule has 126 valence electrons. The van der Waals surface area contributed by atoms with Gasteiger partial charge in [-0.25, -0.2) is 14.6 Å². The minimum absolute atomic E-state index is 0.00118. The summed E-state index contributed by atoms with van der Waals surface area (Å²) in [4.78, 5) is 28.1. The van der Waals surface area contributed by atoms with Crippen molar-refractivity contribution in [1.29, 1.82) is 0 Å². The van der Waals surface area contributed by atoms with E-state index in [0.29, 0.717) is 12.0 Å². The highest BCUT2D eigenvalue weighted by Crippen LogP contribution is 2.28. The van der Waals surface area contributed by atoms with Crippen LogP contribution >= 0.6 is 11.6 Å². The Hall–Kier alpha value is -2.08. The molecule has 0 aliphatic rings. The molecule has 0 aliphatic carbocycles. The molecule has 1 aromatic heterocycles. The maximum Gasteiger partial charge on any atom is 0.413 e. The van der Waals surface area contributed by atoms with Gasteiger partial charge in [-0.05, 0) is 39.7 Å². The zero-order valence-electron chi connectivity index (χ0n) is 13.7. The number of hydrogen-bond acceptors (Lipinski definition) is 5. The first kappa shape index (κ1) is 19.0. The Morgan fingerprint density at radius 2 is 2.09 bits per heavy atom. The van der Waals surface area contributed by atoms with Gasteiger partial charge in [-0.2, -0.15) is 0 Å². The standard InChI is InChI=1S/C16H21ClN2O4/c1-6-8-10-9-18-13(19-15(21)23-16(3,4)5)11(12(10)17)14(20)22-7-2/h6,9H,1,7-8H2,2-5H3,(H,18,19,21). The molecule has 1 heterocycles. The van der Waals surface area contributed by atoms with Crippen molar-refractivity contribution in [2.75, 3.05) is 11.9 Å². The molecular weight excluding hydrogens is 320 g/mol. The smallest absolute Gasteiger partial charge is 0.413 e. The van der Waals surface area contributed by atoms with Crippen LogP contribution in [0.1, 0.15) is 43.6 Å². The number of nitrogens with one attached hydrogen (secondary N) is 1. The summed E-state index contributed by atoms with van der Waals surface area (Å²) in [5, 5.41) is 2.60. The van der Waals surface area contributed by atoms with Crippen LogP contribution in [0.4, 0.5) is 10.6 Å². The summed E-state index contributed by atoms with van der Waals surface area (Å²) >= 11 is 6.26. The number of amides is 1. The molecule has 7 heteroatoms. The molecule has 0 bridgehead atoms. The number of ether oxygens (including phenoxy) is 2. The summed E-state index contributed by atoms with van der Waals surface area (Å²) in [7, 11) is 0. The van der Waals surface area contributed by atoms with Crippen molar-refractivity contribution in [3.8, 4) is 0 Å². The third-order valence-electron chi connectivity index (χ3n) is 2.55. The second kappa shape index (κ2) is 7.97. The SMILES string of the molecule is C=CCc1cnc(NC(=O)OC(C)(C)C)c(C(=O)OCC)c1Cl. The van der Waals surface area contributed by atoms with E-state index in [-0.39, 0.29) is 23.0 Å². The Labute approximate surface area is 140 Å². The van der Waals surface area contributed by atoms with Crippen molar-refractivity contribution in [3.05, 3.63) is 35.0 Å². The molecule has 0 fully saturated rings. The zero-order valence-corrected chi connectivity index (χ0v) is 14.5. The maximum absolute atomic E-state index is 12.1. The van der Waals surface area contributed by atoms with Gasteiger partial charge in [0.15, 0.2) is 5.82 Å². The van der Waals surface area contributed by atoms with Crippen LogP contribution in [0.3, 0.4) is 0 Å². The minimum atomic E-state index is -0.733. The van der Waals surface area contributed by atoms with Gasteiger partial charge in [0.05, 0.1) is 11.6 Å². The average Bonchev–Trinajstić information content (AvgIpc) is 2.40. The van der Waals surface area contributed by atoms with Gasteiger partial charge in [0.25, 0.3) is 0 Å². The highest BCUT2D eigenvalue weighted by molar-refractivity contribution is 6.35. The van der Waals surface area contributed by atoms with E-state index in [1.165, 1.54) is 6.20 Å². The first-order valence-corrected chi connectivity index (χ1v) is 7.52. The van der Waals surface area contributed by atoms with Gasteiger partial charge in [0.1, 0.15) is 11.2 Å². The summed E-state index contributed by atoms with van der Waals surface area (Å²) in [6.45, 7) is 10.7. The van der Waals surface area contributed by atoms with Crippen LogP contribution in [0.25, 0.3) is 0 Å². The molecule has 0 unspecified atom stereocenters. The monoisotopic (exact) mass is 340 g/mol. The lowest BCUT2D eigenvalue weighted by Gasteiger charge is -2.20. The summed E-state index contributed by atoms with van der Waals surface area (Å²) in [5.74, 6) is -0.669. The lowest BCUT2D eigenvalue weighted by Crippen LogP contribution is -2.28. The summed E-state index contributed by atoms with van der Waals surface area (Å²) in [5.41, 5.74) is -0.0704. The summed E-state index contributed by atoms with van der Waals surface area (Å²) in [6, 6.07) is 0. The van der Waals surface area contributed by atoms with E-state index >= 15 is 0 Å². The van der Waals surface area contributed by atoms with Crippen molar-refractivity contribution < 1.29 is 19.1 Å². The van der Waals surface area contributed by atoms with Crippen LogP contribution in [-0.4, -0.2) is 29.3 Å². The van der Waals surface area contributed by atoms with Crippen LogP contribution in [0.2, 0.25) is 5.02 Å². The number of nitrogens with zero attached hydrogens (tertiary/aromatic N) is 1. The van der Waals surface area contributed by atoms with E-state index in [9.17, 15) is 9.59 Å². The van der Waals surface area contributed by atoms with Gasteiger partial charge in [0, 0.05) is 6.20 Å². The highest BCUT2D eigenvalue weighted by atomic mass is 35.5. The van der Waals surface area contributed by atoms with E-state index in [1.807, 2.05) is 0 Å². The van der Waals surface area contributed by atoms with Crippen LogP contribution in [0.15, 0.2) is 18.9 Å². The molecule has 0 atom stereocenters. The normalized spacial score (nSPS) is 10.8. The molecule has 1 N–H and O–H groups in total. The molecule has 6 nitrogen and oxygen atoms in total. The number of rotatable bonds is 5. The Morgan fingerprint density at radius 1 is 1.43 bits per heavy atom. The fraction of sp³-hybridized carbons (Fsp3) is 0.438. The predicted octanol–water partition coefficient (Wildman–Crippen LogP) is 3.99. The highest BCUT2D eigenvalue weighted by Gasteiger charge is 2.24. The van der Waals surface area contributed by atoms with Crippen LogP contribution in [-0.2, 0) is 15.9 Å². The Morgan fingerprint density at radius 3 is 2.61 bits per heavy atom. The van der Waals surface area contributed by atoms with E-state index in [1.54, 1.807) is 33.8 Å². The zero-order chi connectivity index (χ0) is 17.6. The molecule has 0 saturated carbocycles. The van der Waals surface area contributed by atoms with Gasteiger partial charge >= 0.3 is 12.1 Å². The first-order valence-electron chi connectivity index (χ1n) is 7.15. The second-order valence-corrected chi connectivity index (χ2v) is 6.04. The molecule has 0 aliphatic heterocycles. The lowest BCUT2D eigenvalue weighted by atomic mass is 10.1. The number of anilines is 1. The third kappa shape index (κ3) is 5.56. The number of halogens is 1. The van der Waals surface area contributed by atoms with Gasteiger partial charge in [-0.3, -0.25) is 5.32 Å². The number of carbonyl (C=O) groups excluding carboxylic acids is 2. The van der Waals surface area contributed by atoms with E-state index in [4.69, 9.17) is 21.1 Å². The third-order valence-corrected chi connectivity index (χ3v) is 2.98. The second-order valence-electron chi connectivity index (χ2n) is 5.66. The number of esters is 1. The van der Waals surface area contributed by atoms with E-state index in [0.717, 1.165) is 0 Å². The van der Waals surface area contributed by atoms with Crippen molar-refractivity contribution in [2.24, 2.45) is 0 Å². The van der Waals surface area contributed by atoms with Gasteiger partial charge in [-0.15, -0.1) is 6.58 Å². The molecule has 0 radical (unpaired) electrons. The first-order chi connectivity index (χ1) is 10.7. The fourth-order valence-corrected chi connectivity index (χ4v) is 2.00. The fourth-order valence-electron chi connectivity index (χ4n) is 1.71. The average molecular weight is 341 g/mol. The topological polar surface area (TPSA) is 77.5 Å². The predicted molar refractivity (Wildman–Crippen MR) is 89.0 cm³/mol. The number of hydrogen-bond donors (Lipinski definition) is 1. The van der Waals surface area contributed by atoms with Crippen molar-refractivity contribution in [3.63, 3.8) is 0 Å². The molecule has 0 spiro atoms. The molecule has 1 rings (SSSR count). The number of carbonyl (C=O) groups is 2. The molecule has 0 aromatic carbocycles. The Kier molecular flexibility index (Phi) is 6.57. The van der Waals surface area contributed by atoms with Gasteiger partial charge in [-0.1, -0.05) is 17.7 Å². The van der Waals surface area contributed by atoms with Gasteiger partial charge in [0.2, 0.25) is 0 Å². The number of aromatic nitrogens is 1. The molecular formula is C16H21ClN2O4.